The van der Waals surface area contributed by atoms with Gasteiger partial charge < -0.3 is 96.2 Å². The van der Waals surface area contributed by atoms with Crippen LogP contribution in [-0.4, -0.2) is 0 Å². The Kier molecular flexibility index (Phi) is 115. The second-order valence-electron chi connectivity index (χ2n) is 2.24. The third kappa shape index (κ3) is 1470. The molecule has 0 fully saturated rings. The quantitative estimate of drug-likeness (QED) is 0.161. The van der Waals surface area contributed by atoms with Gasteiger partial charge in [0.05, 0.1) is 0 Å². The van der Waals surface area contributed by atoms with Gasteiger partial charge in [0, 0.05) is 115 Å². The summed E-state index contributed by atoms with van der Waals surface area (Å²) < 4.78 is 42.7. The molecular weight excluding hydrogens is 947 g/mol. The first-order chi connectivity index (χ1) is 10.0. The van der Waals surface area contributed by atoms with Gasteiger partial charge in [-0.1, -0.05) is 0 Å². The van der Waals surface area contributed by atoms with Crippen molar-refractivity contribution in [3.05, 3.63) is 0 Å². The minimum atomic E-state index is -5.39. The van der Waals surface area contributed by atoms with Crippen molar-refractivity contribution in [3.63, 3.8) is 0 Å². The largest absolute Gasteiger partial charge is 5.00 e. The van der Waals surface area contributed by atoms with Crippen LogP contribution in [0.5, 0.6) is 0 Å². The molecule has 0 aliphatic rings. The molecule has 0 saturated carbocycles. The molecule has 34 heteroatoms. The summed E-state index contributed by atoms with van der Waals surface area (Å²) in [7, 11) is -26.9. The van der Waals surface area contributed by atoms with E-state index in [1.54, 1.807) is 0 Å². The van der Waals surface area contributed by atoms with Crippen LogP contribution in [-0.2, 0) is 193 Å². The molecule has 0 atom stereocenters. The summed E-state index contributed by atoms with van der Waals surface area (Å²) in [6, 6.07) is 0. The van der Waals surface area contributed by atoms with Crippen LogP contribution >= 0.6 is 39.1 Å². The van der Waals surface area contributed by atoms with Gasteiger partial charge in [0.1, 0.15) is 0 Å². The summed E-state index contributed by atoms with van der Waals surface area (Å²) in [6.07, 6.45) is 0. The summed E-state index contributed by atoms with van der Waals surface area (Å²) in [4.78, 5) is 128. The van der Waals surface area contributed by atoms with Crippen LogP contribution in [0.25, 0.3) is 0 Å². The Labute approximate surface area is 301 Å². The molecule has 34 heavy (non-hydrogen) atoms. The molecule has 0 rings (SSSR count). The van der Waals surface area contributed by atoms with E-state index in [2.05, 4.69) is 0 Å². The van der Waals surface area contributed by atoms with E-state index >= 15 is 0 Å². The van der Waals surface area contributed by atoms with Gasteiger partial charge in [-0.2, -0.15) is 39.1 Å². The standard InChI is InChI=1S/3Ni.5H3O4P.3Ti.3V/c;;;5*1-5(2,3)4;;;;;;/h;;;5*(H3,1,2,3,4);;;;;;/q;;;;;;;;;;;3*+5/p-15. The molecule has 0 bridgehead atoms. The normalized spacial score (nSPS) is 8.68. The second-order valence-corrected chi connectivity index (χ2v) is 6.71. The average Bonchev–Trinajstić information content (AvgIpc) is 1.79. The maximum atomic E-state index is 8.55. The van der Waals surface area contributed by atoms with E-state index in [1.165, 1.54) is 0 Å². The van der Waals surface area contributed by atoms with Crippen molar-refractivity contribution < 1.29 is 267 Å². The van der Waals surface area contributed by atoms with E-state index in [0.717, 1.165) is 0 Å². The third-order valence-electron chi connectivity index (χ3n) is 0. The molecule has 0 aromatic rings. The maximum Gasteiger partial charge on any atom is 5.00 e. The second kappa shape index (κ2) is 43.4. The van der Waals surface area contributed by atoms with Crippen LogP contribution < -0.4 is 73.4 Å². The summed E-state index contributed by atoms with van der Waals surface area (Å²) in [5.41, 5.74) is 0. The Morgan fingerprint density at radius 2 is 0.265 bits per heavy atom. The predicted molar refractivity (Wildman–Crippen MR) is 38.0 cm³/mol. The van der Waals surface area contributed by atoms with Crippen LogP contribution in [0.15, 0.2) is 0 Å². The first-order valence-corrected chi connectivity index (χ1v) is 11.0. The van der Waals surface area contributed by atoms with Crippen molar-refractivity contribution in [2.45, 2.75) is 0 Å². The van der Waals surface area contributed by atoms with Crippen molar-refractivity contribution in [1.82, 2.24) is 0 Å². The first-order valence-electron chi connectivity index (χ1n) is 3.65. The molecule has 202 valence electrons. The zero-order chi connectivity index (χ0) is 22.5. The Balaban J connectivity index is -0.0000000115. The van der Waals surface area contributed by atoms with E-state index in [4.69, 9.17) is 96.2 Å². The van der Waals surface area contributed by atoms with Crippen molar-refractivity contribution >= 4 is 39.1 Å². The molecule has 0 aliphatic carbocycles. The summed E-state index contributed by atoms with van der Waals surface area (Å²) in [5, 5.41) is 0. The Morgan fingerprint density at radius 3 is 0.265 bits per heavy atom. The van der Waals surface area contributed by atoms with Crippen LogP contribution in [0, 0.1) is 0 Å². The Hall–Kier alpha value is 5.93. The van der Waals surface area contributed by atoms with E-state index < -0.39 is 39.1 Å². The maximum absolute atomic E-state index is 8.55. The first kappa shape index (κ1) is 90.0. The van der Waals surface area contributed by atoms with Crippen molar-refractivity contribution in [1.29, 1.82) is 0 Å². The fourth-order valence-corrected chi connectivity index (χ4v) is 0. The van der Waals surface area contributed by atoms with Crippen molar-refractivity contribution in [2.24, 2.45) is 0 Å². The minimum Gasteiger partial charge on any atom is -0.822 e. The molecule has 0 N–H and O–H groups in total. The molecular formula is Ni3O20P5Ti3V3. The van der Waals surface area contributed by atoms with E-state index in [0.29, 0.717) is 0 Å². The van der Waals surface area contributed by atoms with Gasteiger partial charge in [-0.15, -0.1) is 0 Å². The molecule has 0 unspecified atom stereocenters. The molecule has 0 heterocycles. The third-order valence-corrected chi connectivity index (χ3v) is 0. The summed E-state index contributed by atoms with van der Waals surface area (Å²) in [5.74, 6) is 0. The van der Waals surface area contributed by atoms with Crippen LogP contribution in [0.4, 0.5) is 0 Å². The molecule has 0 aromatic heterocycles. The van der Waals surface area contributed by atoms with E-state index in [-0.39, 0.29) is 170 Å². The summed E-state index contributed by atoms with van der Waals surface area (Å²) >= 11 is 0. The van der Waals surface area contributed by atoms with Crippen molar-refractivity contribution in [3.8, 4) is 0 Å². The molecule has 0 amide bonds. The number of hydrogen-bond acceptors (Lipinski definition) is 20. The molecule has 0 aromatic carbocycles. The number of rotatable bonds is 0. The molecule has 20 nitrogen and oxygen atoms in total. The van der Waals surface area contributed by atoms with E-state index in [1.807, 2.05) is 0 Å². The molecule has 0 aliphatic heterocycles. The van der Waals surface area contributed by atoms with Crippen molar-refractivity contribution in [2.75, 3.05) is 0 Å². The zero-order valence-corrected chi connectivity index (χ0v) is 30.5. The molecule has 0 spiro atoms. The average molecular weight is 947 g/mol. The topological polar surface area (TPSA) is 431 Å². The Morgan fingerprint density at radius 1 is 0.265 bits per heavy atom. The van der Waals surface area contributed by atoms with Gasteiger partial charge >= 0.3 is 55.7 Å². The van der Waals surface area contributed by atoms with Crippen LogP contribution in [0.2, 0.25) is 0 Å². The molecule has 0 radical (unpaired) electrons. The predicted octanol–water partition coefficient (Wildman–Crippen LogP) is -14.1. The monoisotopic (exact) mass is 945 g/mol. The van der Waals surface area contributed by atoms with Gasteiger partial charge in [-0.25, -0.2) is 0 Å². The summed E-state index contributed by atoms with van der Waals surface area (Å²) in [6.45, 7) is 0. The van der Waals surface area contributed by atoms with Gasteiger partial charge in [-0.05, 0) is 0 Å². The van der Waals surface area contributed by atoms with Gasteiger partial charge in [0.15, 0.2) is 0 Å². The Bertz CT molecular complexity index is 408. The SMILES string of the molecule is O=P([O-])([O-])[O-].O=P([O-])([O-])[O-].O=P([O-])([O-])[O-].O=P([O-])([O-])[O-].O=P([O-])([O-])[O-].[Ni].[Ni].[Ni].[Ti].[Ti].[Ti].[V+5].[V+5].[V+5]. The van der Waals surface area contributed by atoms with Crippen LogP contribution in [0.1, 0.15) is 0 Å². The zero-order valence-electron chi connectivity index (χ0n) is 14.2. The fourth-order valence-electron chi connectivity index (χ4n) is 0. The fraction of sp³-hybridized carbons (Fsp3) is 0. The number of hydrogen-bond donors (Lipinski definition) is 0. The smallest absolute Gasteiger partial charge is 0.822 e. The molecule has 0 saturated heterocycles. The van der Waals surface area contributed by atoms with E-state index in [9.17, 15) is 0 Å². The van der Waals surface area contributed by atoms with Gasteiger partial charge in [0.2, 0.25) is 0 Å². The van der Waals surface area contributed by atoms with Crippen LogP contribution in [0.3, 0.4) is 0 Å². The minimum absolute atomic E-state index is 0. The van der Waals surface area contributed by atoms with Gasteiger partial charge in [0.25, 0.3) is 0 Å². The van der Waals surface area contributed by atoms with Gasteiger partial charge in [-0.3, -0.25) is 0 Å². The number of phosphoric acid groups is 5.